The third kappa shape index (κ3) is 9.37. The molecule has 4 saturated carbocycles. The molecule has 268 valence electrons. The van der Waals surface area contributed by atoms with Crippen LogP contribution >= 0.6 is 0 Å². The number of imide groups is 2. The van der Waals surface area contributed by atoms with Crippen LogP contribution in [0.3, 0.4) is 0 Å². The lowest BCUT2D eigenvalue weighted by Crippen LogP contribution is -2.52. The molecule has 0 heterocycles. The van der Waals surface area contributed by atoms with Crippen LogP contribution in [0.25, 0.3) is 0 Å². The van der Waals surface area contributed by atoms with Crippen LogP contribution in [0.1, 0.15) is 149 Å². The normalized spacial score (nSPS) is 19.9. The van der Waals surface area contributed by atoms with E-state index in [1.807, 2.05) is 0 Å². The molecular weight excluding hydrogens is 628 g/mol. The number of rotatable bonds is 8. The number of nitrogens with zero attached hydrogens (tertiary/aromatic N) is 4. The summed E-state index contributed by atoms with van der Waals surface area (Å²) in [7, 11) is 0. The van der Waals surface area contributed by atoms with Gasteiger partial charge in [0.1, 0.15) is 0 Å². The largest absolute Gasteiger partial charge is 0.335 e. The Morgan fingerprint density at radius 2 is 0.740 bits per heavy atom. The summed E-state index contributed by atoms with van der Waals surface area (Å²) in [6, 6.07) is 13.3. The van der Waals surface area contributed by atoms with Gasteiger partial charge in [-0.1, -0.05) is 77.0 Å². The first kappa shape index (κ1) is 35.7. The van der Waals surface area contributed by atoms with E-state index in [9.17, 15) is 19.2 Å². The Bertz CT molecular complexity index is 1360. The summed E-state index contributed by atoms with van der Waals surface area (Å²) in [5.41, 5.74) is 2.04. The van der Waals surface area contributed by atoms with Gasteiger partial charge in [-0.25, -0.2) is 9.59 Å². The number of nitrogens with one attached hydrogen (secondary N) is 2. The molecular formula is C40H54N6O4. The van der Waals surface area contributed by atoms with Crippen molar-refractivity contribution in [1.82, 2.24) is 20.4 Å². The summed E-state index contributed by atoms with van der Waals surface area (Å²) in [4.78, 5) is 57.4. The average molecular weight is 683 g/mol. The molecule has 0 radical (unpaired) electrons. The number of hydrogen-bond acceptors (Lipinski definition) is 6. The maximum absolute atomic E-state index is 13.8. The van der Waals surface area contributed by atoms with Crippen molar-refractivity contribution < 1.29 is 19.2 Å². The van der Waals surface area contributed by atoms with Gasteiger partial charge in [-0.15, -0.1) is 0 Å². The Morgan fingerprint density at radius 3 is 1.06 bits per heavy atom. The maximum atomic E-state index is 13.8. The van der Waals surface area contributed by atoms with Crippen molar-refractivity contribution in [2.45, 2.75) is 153 Å². The van der Waals surface area contributed by atoms with Gasteiger partial charge in [-0.05, 0) is 99.9 Å². The molecule has 50 heavy (non-hydrogen) atoms. The first-order valence-electron chi connectivity index (χ1n) is 19.4. The molecule has 4 fully saturated rings. The minimum absolute atomic E-state index is 0.0879. The van der Waals surface area contributed by atoms with E-state index in [1.54, 1.807) is 48.5 Å². The fourth-order valence-electron chi connectivity index (χ4n) is 8.24. The molecule has 2 aromatic rings. The zero-order valence-electron chi connectivity index (χ0n) is 29.5. The van der Waals surface area contributed by atoms with Gasteiger partial charge in [0, 0.05) is 35.3 Å². The molecule has 10 heteroatoms. The van der Waals surface area contributed by atoms with E-state index in [0.29, 0.717) is 22.5 Å². The SMILES string of the molecule is O=C(NC1CCCCC1)N(C(=O)c1ccc(N=Nc2ccc(C(=O)N(C(=O)NC3CCCCC3)C3CCCCC3)cc2)cc1)C1CCCCC1. The number of azo groups is 1. The van der Waals surface area contributed by atoms with Crippen molar-refractivity contribution >= 4 is 35.3 Å². The Kier molecular flexibility index (Phi) is 12.7. The molecule has 0 aliphatic heterocycles. The molecule has 0 bridgehead atoms. The topological polar surface area (TPSA) is 124 Å². The van der Waals surface area contributed by atoms with E-state index in [0.717, 1.165) is 116 Å². The van der Waals surface area contributed by atoms with Gasteiger partial charge in [0.2, 0.25) is 0 Å². The number of benzene rings is 2. The molecule has 2 N–H and O–H groups in total. The monoisotopic (exact) mass is 682 g/mol. The quantitative estimate of drug-likeness (QED) is 0.269. The van der Waals surface area contributed by atoms with Gasteiger partial charge < -0.3 is 10.6 Å². The van der Waals surface area contributed by atoms with Crippen molar-refractivity contribution in [3.05, 3.63) is 59.7 Å². The lowest BCUT2D eigenvalue weighted by atomic mass is 9.93. The second-order valence-corrected chi connectivity index (χ2v) is 14.8. The van der Waals surface area contributed by atoms with Crippen molar-refractivity contribution in [2.24, 2.45) is 10.2 Å². The Hall–Kier alpha value is -4.08. The summed E-state index contributed by atoms with van der Waals surface area (Å²) in [5, 5.41) is 15.0. The Labute approximate surface area is 296 Å². The lowest BCUT2D eigenvalue weighted by Gasteiger charge is -2.34. The molecule has 10 nitrogen and oxygen atoms in total. The van der Waals surface area contributed by atoms with Gasteiger partial charge in [0.25, 0.3) is 11.8 Å². The highest BCUT2D eigenvalue weighted by Gasteiger charge is 2.34. The molecule has 0 atom stereocenters. The third-order valence-corrected chi connectivity index (χ3v) is 11.1. The Balaban J connectivity index is 1.10. The zero-order chi connectivity index (χ0) is 34.7. The van der Waals surface area contributed by atoms with Gasteiger partial charge in [-0.2, -0.15) is 10.2 Å². The molecule has 6 amide bonds. The summed E-state index contributed by atoms with van der Waals surface area (Å²) >= 11 is 0. The van der Waals surface area contributed by atoms with E-state index in [4.69, 9.17) is 0 Å². The molecule has 0 spiro atoms. The lowest BCUT2D eigenvalue weighted by molar-refractivity contribution is 0.0689. The predicted octanol–water partition coefficient (Wildman–Crippen LogP) is 9.74. The fourth-order valence-corrected chi connectivity index (χ4v) is 8.24. The minimum Gasteiger partial charge on any atom is -0.335 e. The highest BCUT2D eigenvalue weighted by Crippen LogP contribution is 2.28. The molecule has 6 rings (SSSR count). The van der Waals surface area contributed by atoms with E-state index in [2.05, 4.69) is 20.9 Å². The summed E-state index contributed by atoms with van der Waals surface area (Å²) in [6.45, 7) is 0. The van der Waals surface area contributed by atoms with Crippen molar-refractivity contribution in [2.75, 3.05) is 0 Å². The summed E-state index contributed by atoms with van der Waals surface area (Å²) in [6.07, 6.45) is 20.4. The minimum atomic E-state index is -0.274. The first-order valence-corrected chi connectivity index (χ1v) is 19.4. The smallest absolute Gasteiger partial charge is 0.324 e. The van der Waals surface area contributed by atoms with Gasteiger partial charge >= 0.3 is 12.1 Å². The highest BCUT2D eigenvalue weighted by molar-refractivity contribution is 6.05. The van der Waals surface area contributed by atoms with Crippen molar-refractivity contribution in [3.8, 4) is 0 Å². The van der Waals surface area contributed by atoms with Crippen LogP contribution in [-0.4, -0.2) is 57.8 Å². The number of carbonyl (C=O) groups is 4. The maximum Gasteiger partial charge on any atom is 0.324 e. The summed E-state index contributed by atoms with van der Waals surface area (Å²) in [5.74, 6) is -0.549. The van der Waals surface area contributed by atoms with Crippen LogP contribution in [0.2, 0.25) is 0 Å². The first-order chi connectivity index (χ1) is 24.5. The molecule has 4 aliphatic rings. The number of amides is 6. The zero-order valence-corrected chi connectivity index (χ0v) is 29.5. The van der Waals surface area contributed by atoms with Gasteiger partial charge in [-0.3, -0.25) is 19.4 Å². The Morgan fingerprint density at radius 1 is 0.440 bits per heavy atom. The molecule has 0 unspecified atom stereocenters. The molecule has 0 aromatic heterocycles. The molecule has 0 saturated heterocycles. The predicted molar refractivity (Wildman–Crippen MR) is 194 cm³/mol. The number of urea groups is 2. The molecule has 4 aliphatic carbocycles. The van der Waals surface area contributed by atoms with Gasteiger partial charge in [0.15, 0.2) is 0 Å². The van der Waals surface area contributed by atoms with E-state index >= 15 is 0 Å². The van der Waals surface area contributed by atoms with Crippen LogP contribution in [0.15, 0.2) is 58.8 Å². The summed E-state index contributed by atoms with van der Waals surface area (Å²) < 4.78 is 0. The fraction of sp³-hybridized carbons (Fsp3) is 0.600. The standard InChI is InChI=1S/C40H54N6O4/c47-37(45(35-17-9-3-10-18-35)39(49)41-31-13-5-1-6-14-31)29-21-25-33(26-22-29)43-44-34-27-23-30(24-28-34)38(48)46(36-19-11-4-12-20-36)40(50)42-32-15-7-2-8-16-32/h21-28,31-32,35-36H,1-20H2,(H,41,49)(H,42,50). The van der Waals surface area contributed by atoms with E-state index in [1.165, 1.54) is 22.6 Å². The third-order valence-electron chi connectivity index (χ3n) is 11.1. The van der Waals surface area contributed by atoms with E-state index < -0.39 is 0 Å². The highest BCUT2D eigenvalue weighted by atomic mass is 16.2. The van der Waals surface area contributed by atoms with Crippen LogP contribution in [0.5, 0.6) is 0 Å². The van der Waals surface area contributed by atoms with Crippen molar-refractivity contribution in [3.63, 3.8) is 0 Å². The van der Waals surface area contributed by atoms with Crippen LogP contribution in [-0.2, 0) is 0 Å². The van der Waals surface area contributed by atoms with Crippen LogP contribution in [0, 0.1) is 0 Å². The average Bonchev–Trinajstić information content (AvgIpc) is 3.16. The number of hydrogen-bond donors (Lipinski definition) is 2. The van der Waals surface area contributed by atoms with E-state index in [-0.39, 0.29) is 48.0 Å². The second-order valence-electron chi connectivity index (χ2n) is 14.8. The molecule has 2 aromatic carbocycles. The van der Waals surface area contributed by atoms with Crippen molar-refractivity contribution in [1.29, 1.82) is 0 Å². The van der Waals surface area contributed by atoms with Crippen LogP contribution in [0.4, 0.5) is 21.0 Å². The number of carbonyl (C=O) groups excluding carboxylic acids is 4. The second kappa shape index (κ2) is 17.7. The van der Waals surface area contributed by atoms with Crippen LogP contribution < -0.4 is 10.6 Å². The van der Waals surface area contributed by atoms with Gasteiger partial charge in [0.05, 0.1) is 11.4 Å².